The van der Waals surface area contributed by atoms with Gasteiger partial charge in [0.1, 0.15) is 30.5 Å². The van der Waals surface area contributed by atoms with Crippen molar-refractivity contribution in [2.45, 2.75) is 12.8 Å². The molecule has 0 radical (unpaired) electrons. The Labute approximate surface area is 219 Å². The molecule has 1 aliphatic carbocycles. The van der Waals surface area contributed by atoms with Gasteiger partial charge in [-0.2, -0.15) is 0 Å². The standard InChI is InChI=1S/C30H26O8/c1-4-28(32)37-21-6-8-22(9-7-21)38-30(34)20-5-11-24-25-12-10-23(16-27(25)19(3)26(24)15-20)35-13-14-36-29(33)18(2)17-31/h4-12,15-16,19,31H,1-2,13-14,17H2,3H3. The van der Waals surface area contributed by atoms with Gasteiger partial charge in [0.15, 0.2) is 0 Å². The molecule has 0 saturated carbocycles. The molecular formula is C30H26O8. The van der Waals surface area contributed by atoms with Crippen molar-refractivity contribution in [3.63, 3.8) is 0 Å². The molecule has 0 amide bonds. The first-order valence-corrected chi connectivity index (χ1v) is 11.8. The highest BCUT2D eigenvalue weighted by molar-refractivity contribution is 5.93. The highest BCUT2D eigenvalue weighted by atomic mass is 16.6. The van der Waals surface area contributed by atoms with Gasteiger partial charge in [0.25, 0.3) is 0 Å². The van der Waals surface area contributed by atoms with E-state index in [9.17, 15) is 14.4 Å². The van der Waals surface area contributed by atoms with Gasteiger partial charge >= 0.3 is 17.9 Å². The lowest BCUT2D eigenvalue weighted by atomic mass is 9.98. The van der Waals surface area contributed by atoms with Crippen molar-refractivity contribution in [3.8, 4) is 28.4 Å². The normalized spacial score (nSPS) is 13.1. The summed E-state index contributed by atoms with van der Waals surface area (Å²) in [5.41, 5.74) is 4.53. The van der Waals surface area contributed by atoms with Crippen molar-refractivity contribution in [2.75, 3.05) is 19.8 Å². The summed E-state index contributed by atoms with van der Waals surface area (Å²) in [5, 5.41) is 8.91. The van der Waals surface area contributed by atoms with Gasteiger partial charge in [0, 0.05) is 12.0 Å². The van der Waals surface area contributed by atoms with Crippen molar-refractivity contribution < 1.29 is 38.4 Å². The second kappa shape index (κ2) is 11.6. The van der Waals surface area contributed by atoms with Crippen molar-refractivity contribution in [1.29, 1.82) is 0 Å². The van der Waals surface area contributed by atoms with E-state index in [1.54, 1.807) is 18.2 Å². The molecule has 0 aliphatic heterocycles. The van der Waals surface area contributed by atoms with E-state index in [1.165, 1.54) is 12.1 Å². The lowest BCUT2D eigenvalue weighted by Gasteiger charge is -2.11. The van der Waals surface area contributed by atoms with Crippen molar-refractivity contribution in [3.05, 3.63) is 102 Å². The van der Waals surface area contributed by atoms with Crippen molar-refractivity contribution in [1.82, 2.24) is 0 Å². The molecule has 0 aromatic heterocycles. The molecule has 1 atom stereocenters. The molecule has 3 aromatic carbocycles. The molecule has 1 aliphatic rings. The van der Waals surface area contributed by atoms with Crippen LogP contribution in [0.3, 0.4) is 0 Å². The minimum atomic E-state index is -0.658. The second-order valence-corrected chi connectivity index (χ2v) is 8.50. The molecule has 1 N–H and O–H groups in total. The first-order valence-electron chi connectivity index (χ1n) is 11.8. The molecule has 1 unspecified atom stereocenters. The number of hydrogen-bond acceptors (Lipinski definition) is 8. The fourth-order valence-corrected chi connectivity index (χ4v) is 4.05. The third kappa shape index (κ3) is 5.82. The van der Waals surface area contributed by atoms with E-state index < -0.39 is 24.5 Å². The van der Waals surface area contributed by atoms with E-state index in [0.29, 0.717) is 22.8 Å². The SMILES string of the molecule is C=CC(=O)Oc1ccc(OC(=O)c2ccc3c(c2)C(C)c2cc(OCCOC(=O)C(=C)CO)ccc2-3)cc1. The molecule has 0 bridgehead atoms. The van der Waals surface area contributed by atoms with Crippen LogP contribution in [0.4, 0.5) is 0 Å². The number of fused-ring (bicyclic) bond motifs is 3. The molecule has 8 nitrogen and oxygen atoms in total. The lowest BCUT2D eigenvalue weighted by Crippen LogP contribution is -2.15. The summed E-state index contributed by atoms with van der Waals surface area (Å²) in [7, 11) is 0. The van der Waals surface area contributed by atoms with Crippen LogP contribution in [-0.2, 0) is 14.3 Å². The van der Waals surface area contributed by atoms with Crippen LogP contribution in [0, 0.1) is 0 Å². The maximum atomic E-state index is 12.8. The van der Waals surface area contributed by atoms with Crippen LogP contribution in [0.2, 0.25) is 0 Å². The van der Waals surface area contributed by atoms with Gasteiger partial charge in [-0.05, 0) is 70.8 Å². The van der Waals surface area contributed by atoms with Crippen LogP contribution >= 0.6 is 0 Å². The topological polar surface area (TPSA) is 108 Å². The fraction of sp³-hybridized carbons (Fsp3) is 0.167. The fourth-order valence-electron chi connectivity index (χ4n) is 4.05. The number of carbonyl (C=O) groups is 3. The Kier molecular flexibility index (Phi) is 8.03. The Morgan fingerprint density at radius 3 is 2.13 bits per heavy atom. The highest BCUT2D eigenvalue weighted by Crippen LogP contribution is 2.46. The van der Waals surface area contributed by atoms with Crippen LogP contribution in [-0.4, -0.2) is 42.8 Å². The summed E-state index contributed by atoms with van der Waals surface area (Å²) in [5.74, 6) is -0.464. The van der Waals surface area contributed by atoms with Crippen LogP contribution in [0.5, 0.6) is 17.2 Å². The summed E-state index contributed by atoms with van der Waals surface area (Å²) in [4.78, 5) is 35.7. The average Bonchev–Trinajstić information content (AvgIpc) is 3.21. The summed E-state index contributed by atoms with van der Waals surface area (Å²) in [6, 6.07) is 17.3. The number of aliphatic hydroxyl groups excluding tert-OH is 1. The first kappa shape index (κ1) is 26.4. The molecular weight excluding hydrogens is 488 g/mol. The zero-order valence-electron chi connectivity index (χ0n) is 20.8. The number of aliphatic hydroxyl groups is 1. The molecule has 0 heterocycles. The zero-order chi connectivity index (χ0) is 27.2. The molecule has 0 saturated heterocycles. The number of esters is 3. The van der Waals surface area contributed by atoms with E-state index >= 15 is 0 Å². The minimum absolute atomic E-state index is 0.0122. The highest BCUT2D eigenvalue weighted by Gasteiger charge is 2.27. The van der Waals surface area contributed by atoms with Gasteiger partial charge in [-0.3, -0.25) is 0 Å². The van der Waals surface area contributed by atoms with Crippen LogP contribution in [0.25, 0.3) is 11.1 Å². The molecule has 194 valence electrons. The molecule has 8 heteroatoms. The summed E-state index contributed by atoms with van der Waals surface area (Å²) < 4.78 is 21.2. The van der Waals surface area contributed by atoms with Crippen LogP contribution in [0.1, 0.15) is 34.3 Å². The molecule has 3 aromatic rings. The zero-order valence-corrected chi connectivity index (χ0v) is 20.8. The number of benzene rings is 3. The average molecular weight is 515 g/mol. The minimum Gasteiger partial charge on any atom is -0.490 e. The lowest BCUT2D eigenvalue weighted by molar-refractivity contribution is -0.140. The number of rotatable bonds is 10. The molecule has 0 fully saturated rings. The van der Waals surface area contributed by atoms with Crippen molar-refractivity contribution in [2.24, 2.45) is 0 Å². The Morgan fingerprint density at radius 2 is 1.47 bits per heavy atom. The van der Waals surface area contributed by atoms with Gasteiger partial charge < -0.3 is 24.1 Å². The largest absolute Gasteiger partial charge is 0.490 e. The third-order valence-corrected chi connectivity index (χ3v) is 6.02. The van der Waals surface area contributed by atoms with Crippen LogP contribution in [0.15, 0.2) is 85.5 Å². The second-order valence-electron chi connectivity index (χ2n) is 8.50. The van der Waals surface area contributed by atoms with Gasteiger partial charge in [0.2, 0.25) is 0 Å². The Hall–Kier alpha value is -4.69. The Morgan fingerprint density at radius 1 is 0.868 bits per heavy atom. The molecule has 38 heavy (non-hydrogen) atoms. The summed E-state index contributed by atoms with van der Waals surface area (Å²) in [6.07, 6.45) is 1.06. The number of ether oxygens (including phenoxy) is 4. The predicted molar refractivity (Wildman–Crippen MR) is 139 cm³/mol. The van der Waals surface area contributed by atoms with Crippen LogP contribution < -0.4 is 14.2 Å². The predicted octanol–water partition coefficient (Wildman–Crippen LogP) is 4.60. The Bertz CT molecular complexity index is 1400. The van der Waals surface area contributed by atoms with Gasteiger partial charge in [-0.15, -0.1) is 0 Å². The molecule has 0 spiro atoms. The van der Waals surface area contributed by atoms with E-state index in [4.69, 9.17) is 24.1 Å². The number of carbonyl (C=O) groups excluding carboxylic acids is 3. The monoisotopic (exact) mass is 514 g/mol. The summed E-state index contributed by atoms with van der Waals surface area (Å²) >= 11 is 0. The summed E-state index contributed by atoms with van der Waals surface area (Å²) in [6.45, 7) is 8.54. The molecule has 4 rings (SSSR count). The van der Waals surface area contributed by atoms with Gasteiger partial charge in [-0.1, -0.05) is 32.2 Å². The van der Waals surface area contributed by atoms with Gasteiger partial charge in [0.05, 0.1) is 17.7 Å². The van der Waals surface area contributed by atoms with Crippen molar-refractivity contribution >= 4 is 17.9 Å². The van der Waals surface area contributed by atoms with Gasteiger partial charge in [-0.25, -0.2) is 14.4 Å². The third-order valence-electron chi connectivity index (χ3n) is 6.02. The quantitative estimate of drug-likeness (QED) is 0.181. The smallest absolute Gasteiger partial charge is 0.343 e. The first-order chi connectivity index (χ1) is 18.3. The Balaban J connectivity index is 1.40. The van der Waals surface area contributed by atoms with E-state index in [0.717, 1.165) is 28.3 Å². The maximum Gasteiger partial charge on any atom is 0.343 e. The van der Waals surface area contributed by atoms with E-state index in [2.05, 4.69) is 20.1 Å². The van der Waals surface area contributed by atoms with E-state index in [1.807, 2.05) is 30.3 Å². The van der Waals surface area contributed by atoms with E-state index in [-0.39, 0.29) is 24.7 Å². The maximum absolute atomic E-state index is 12.8. The number of hydrogen-bond donors (Lipinski definition) is 1.